The number of carbonyl (C=O) groups is 3. The van der Waals surface area contributed by atoms with Crippen molar-refractivity contribution in [3.8, 4) is 0 Å². The van der Waals surface area contributed by atoms with Crippen molar-refractivity contribution >= 4 is 40.6 Å². The van der Waals surface area contributed by atoms with E-state index >= 15 is 0 Å². The van der Waals surface area contributed by atoms with Gasteiger partial charge in [0.1, 0.15) is 6.04 Å². The maximum Gasteiger partial charge on any atom is 0.329 e. The van der Waals surface area contributed by atoms with E-state index in [1.165, 1.54) is 18.2 Å². The van der Waals surface area contributed by atoms with Crippen LogP contribution in [0.2, 0.25) is 0 Å². The summed E-state index contributed by atoms with van der Waals surface area (Å²) >= 11 is 0.868. The van der Waals surface area contributed by atoms with Crippen LogP contribution in [0.15, 0.2) is 17.0 Å². The molecule has 1 aromatic rings. The number of nitrogens with zero attached hydrogens (tertiary/aromatic N) is 2. The normalized spacial score (nSPS) is 23.0. The van der Waals surface area contributed by atoms with Crippen LogP contribution in [0, 0.1) is 6.92 Å². The fraction of sp³-hybridized carbons (Fsp3) is 0.522. The summed E-state index contributed by atoms with van der Waals surface area (Å²) in [7, 11) is 2.12. The van der Waals surface area contributed by atoms with Gasteiger partial charge in [0.15, 0.2) is 0 Å². The topological polar surface area (TPSA) is 66.9 Å². The summed E-state index contributed by atoms with van der Waals surface area (Å²) in [6, 6.07) is 3.34. The second kappa shape index (κ2) is 8.10. The van der Waals surface area contributed by atoms with Crippen LogP contribution in [0.3, 0.4) is 0 Å². The van der Waals surface area contributed by atoms with E-state index in [2.05, 4.69) is 44.9 Å². The van der Waals surface area contributed by atoms with E-state index in [1.54, 1.807) is 13.0 Å². The maximum absolute atomic E-state index is 12.9. The Morgan fingerprint density at radius 2 is 2.03 bits per heavy atom. The summed E-state index contributed by atoms with van der Waals surface area (Å²) in [6.07, 6.45) is 2.80. The summed E-state index contributed by atoms with van der Waals surface area (Å²) in [5.74, 6) is -0.641. The highest BCUT2D eigenvalue weighted by Gasteiger charge is 2.41. The van der Waals surface area contributed by atoms with E-state index in [0.29, 0.717) is 10.8 Å². The Morgan fingerprint density at radius 1 is 1.37 bits per heavy atom. The number of hydrogen-bond donors (Lipinski definition) is 0. The van der Waals surface area contributed by atoms with Gasteiger partial charge in [-0.25, -0.2) is 4.79 Å². The van der Waals surface area contributed by atoms with Gasteiger partial charge in [-0.15, -0.1) is 0 Å². The number of rotatable bonds is 4. The number of hydrogen-bond acceptors (Lipinski definition) is 6. The third-order valence-electron chi connectivity index (χ3n) is 6.15. The Hall–Kier alpha value is -2.28. The smallest absolute Gasteiger partial charge is 0.329 e. The number of amides is 2. The number of fused-ring (bicyclic) bond motifs is 1. The van der Waals surface area contributed by atoms with Crippen molar-refractivity contribution in [3.63, 3.8) is 0 Å². The SMILES string of the molecule is CCOC(=O)C(C)N1C(=O)S/C(=C/c2cc3c(cc2C)N(C)C(C)(C)CC3C)C1=O. The fourth-order valence-corrected chi connectivity index (χ4v) is 5.11. The second-order valence-corrected chi connectivity index (χ2v) is 9.72. The molecule has 1 aromatic carbocycles. The quantitative estimate of drug-likeness (QED) is 0.509. The van der Waals surface area contributed by atoms with Crippen LogP contribution in [0.1, 0.15) is 63.6 Å². The molecule has 0 spiro atoms. The first-order chi connectivity index (χ1) is 14.0. The number of thioether (sulfide) groups is 1. The summed E-state index contributed by atoms with van der Waals surface area (Å²) < 4.78 is 4.97. The molecule has 30 heavy (non-hydrogen) atoms. The van der Waals surface area contributed by atoms with Crippen LogP contribution in [-0.2, 0) is 14.3 Å². The summed E-state index contributed by atoms with van der Waals surface area (Å²) in [5, 5.41) is -0.447. The number of esters is 1. The van der Waals surface area contributed by atoms with Gasteiger partial charge >= 0.3 is 5.97 Å². The first-order valence-electron chi connectivity index (χ1n) is 10.3. The lowest BCUT2D eigenvalue weighted by molar-refractivity contribution is -0.150. The van der Waals surface area contributed by atoms with Gasteiger partial charge < -0.3 is 9.64 Å². The van der Waals surface area contributed by atoms with E-state index in [9.17, 15) is 14.4 Å². The van der Waals surface area contributed by atoms with Gasteiger partial charge in [0.05, 0.1) is 11.5 Å². The number of aryl methyl sites for hydroxylation is 1. The average Bonchev–Trinajstić information content (AvgIpc) is 2.93. The summed E-state index contributed by atoms with van der Waals surface area (Å²) in [6.45, 7) is 12.1. The number of carbonyl (C=O) groups excluding carboxylic acids is 3. The van der Waals surface area contributed by atoms with Crippen LogP contribution in [-0.4, -0.2) is 47.3 Å². The molecule has 2 aliphatic rings. The van der Waals surface area contributed by atoms with E-state index in [1.807, 2.05) is 6.92 Å². The lowest BCUT2D eigenvalue weighted by Crippen LogP contribution is -2.45. The van der Waals surface area contributed by atoms with E-state index < -0.39 is 23.2 Å². The number of anilines is 1. The Bertz CT molecular complexity index is 937. The van der Waals surface area contributed by atoms with Crippen molar-refractivity contribution in [1.82, 2.24) is 4.90 Å². The first-order valence-corrected chi connectivity index (χ1v) is 11.1. The standard InChI is InChI=1S/C23H30N2O4S/c1-8-29-21(27)15(4)25-20(26)19(30-22(25)28)11-16-10-17-14(3)12-23(5,6)24(7)18(17)9-13(16)2/h9-11,14-15H,8,12H2,1-7H3/b19-11+. The zero-order valence-electron chi connectivity index (χ0n) is 18.7. The summed E-state index contributed by atoms with van der Waals surface area (Å²) in [5.41, 5.74) is 4.48. The number of imide groups is 1. The zero-order valence-corrected chi connectivity index (χ0v) is 19.6. The minimum atomic E-state index is -0.941. The molecule has 1 fully saturated rings. The second-order valence-electron chi connectivity index (χ2n) is 8.72. The highest BCUT2D eigenvalue weighted by molar-refractivity contribution is 8.18. The summed E-state index contributed by atoms with van der Waals surface area (Å²) in [4.78, 5) is 41.0. The molecule has 0 N–H and O–H groups in total. The maximum atomic E-state index is 12.9. The van der Waals surface area contributed by atoms with Gasteiger partial charge in [-0.05, 0) is 93.6 Å². The zero-order chi connectivity index (χ0) is 22.4. The van der Waals surface area contributed by atoms with Gasteiger partial charge in [0.2, 0.25) is 0 Å². The molecule has 6 nitrogen and oxygen atoms in total. The predicted molar refractivity (Wildman–Crippen MR) is 121 cm³/mol. The lowest BCUT2D eigenvalue weighted by atomic mass is 9.79. The van der Waals surface area contributed by atoms with Crippen molar-refractivity contribution in [2.75, 3.05) is 18.6 Å². The molecule has 0 bridgehead atoms. The molecule has 0 aromatic heterocycles. The van der Waals surface area contributed by atoms with Crippen molar-refractivity contribution in [2.45, 2.75) is 65.5 Å². The predicted octanol–water partition coefficient (Wildman–Crippen LogP) is 4.70. The molecule has 2 unspecified atom stereocenters. The first kappa shape index (κ1) is 22.4. The van der Waals surface area contributed by atoms with E-state index in [-0.39, 0.29) is 12.1 Å². The number of ether oxygens (including phenoxy) is 1. The molecular formula is C23H30N2O4S. The van der Waals surface area contributed by atoms with Crippen LogP contribution in [0.25, 0.3) is 6.08 Å². The monoisotopic (exact) mass is 430 g/mol. The van der Waals surface area contributed by atoms with Gasteiger partial charge in [-0.1, -0.05) is 6.92 Å². The Balaban J connectivity index is 1.95. The minimum absolute atomic E-state index is 0.0757. The van der Waals surface area contributed by atoms with Gasteiger partial charge in [-0.3, -0.25) is 14.5 Å². The van der Waals surface area contributed by atoms with E-state index in [0.717, 1.165) is 34.2 Å². The molecule has 3 rings (SSSR count). The van der Waals surface area contributed by atoms with Gasteiger partial charge in [0.25, 0.3) is 11.1 Å². The Morgan fingerprint density at radius 3 is 2.67 bits per heavy atom. The highest BCUT2D eigenvalue weighted by Crippen LogP contribution is 2.44. The number of benzene rings is 1. The van der Waals surface area contributed by atoms with Crippen molar-refractivity contribution in [1.29, 1.82) is 0 Å². The Labute approximate surface area is 182 Å². The molecule has 2 aliphatic heterocycles. The molecule has 2 atom stereocenters. The van der Waals surface area contributed by atoms with Gasteiger partial charge in [0, 0.05) is 18.3 Å². The molecule has 162 valence electrons. The molecule has 0 aliphatic carbocycles. The molecule has 2 heterocycles. The molecular weight excluding hydrogens is 400 g/mol. The third-order valence-corrected chi connectivity index (χ3v) is 7.03. The highest BCUT2D eigenvalue weighted by atomic mass is 32.2. The van der Waals surface area contributed by atoms with Crippen LogP contribution >= 0.6 is 11.8 Å². The molecule has 0 saturated carbocycles. The van der Waals surface area contributed by atoms with Crippen molar-refractivity contribution < 1.29 is 19.1 Å². The third kappa shape index (κ3) is 3.87. The van der Waals surface area contributed by atoms with E-state index in [4.69, 9.17) is 4.74 Å². The van der Waals surface area contributed by atoms with Crippen molar-refractivity contribution in [3.05, 3.63) is 33.7 Å². The molecule has 2 amide bonds. The molecule has 0 radical (unpaired) electrons. The van der Waals surface area contributed by atoms with Crippen molar-refractivity contribution in [2.24, 2.45) is 0 Å². The van der Waals surface area contributed by atoms with Gasteiger partial charge in [-0.2, -0.15) is 0 Å². The largest absolute Gasteiger partial charge is 0.464 e. The fourth-order valence-electron chi connectivity index (χ4n) is 4.21. The minimum Gasteiger partial charge on any atom is -0.464 e. The Kier molecular flexibility index (Phi) is 6.05. The lowest BCUT2D eigenvalue weighted by Gasteiger charge is -2.45. The molecule has 7 heteroatoms. The van der Waals surface area contributed by atoms with Crippen LogP contribution < -0.4 is 4.90 Å². The molecule has 1 saturated heterocycles. The van der Waals surface area contributed by atoms with Crippen LogP contribution in [0.5, 0.6) is 0 Å². The average molecular weight is 431 g/mol. The van der Waals surface area contributed by atoms with Crippen LogP contribution in [0.4, 0.5) is 10.5 Å².